The van der Waals surface area contributed by atoms with Crippen molar-refractivity contribution in [3.05, 3.63) is 35.5 Å². The number of rotatable bonds is 9. The number of unbranched alkanes of at least 4 members (excludes halogenated alkanes) is 3. The maximum absolute atomic E-state index is 10.4. The third kappa shape index (κ3) is 11.2. The van der Waals surface area contributed by atoms with Crippen LogP contribution in [-0.4, -0.2) is 11.1 Å². The van der Waals surface area contributed by atoms with E-state index in [0.717, 1.165) is 24.8 Å². The maximum Gasteiger partial charge on any atom is 0.328 e. The van der Waals surface area contributed by atoms with Crippen LogP contribution in [0.15, 0.2) is 35.5 Å². The largest absolute Gasteiger partial charge is 0.478 e. The highest BCUT2D eigenvalue weighted by Gasteiger charge is 1.93. The summed E-state index contributed by atoms with van der Waals surface area (Å²) < 4.78 is 0. The summed E-state index contributed by atoms with van der Waals surface area (Å²) >= 11 is 0. The molecule has 102 valence electrons. The molecular formula is C16H26O2. The summed E-state index contributed by atoms with van der Waals surface area (Å²) in [6, 6.07) is 0. The van der Waals surface area contributed by atoms with E-state index < -0.39 is 5.97 Å². The van der Waals surface area contributed by atoms with Gasteiger partial charge >= 0.3 is 5.97 Å². The zero-order valence-corrected chi connectivity index (χ0v) is 11.9. The van der Waals surface area contributed by atoms with E-state index in [-0.39, 0.29) is 0 Å². The fraction of sp³-hybridized carbons (Fsp3) is 0.562. The Balaban J connectivity index is 3.87. The van der Waals surface area contributed by atoms with Gasteiger partial charge in [0.25, 0.3) is 0 Å². The Labute approximate surface area is 111 Å². The Morgan fingerprint density at radius 3 is 2.50 bits per heavy atom. The molecule has 0 aromatic heterocycles. The molecule has 0 rings (SSSR count). The number of allylic oxidation sites excluding steroid dienone is 5. The van der Waals surface area contributed by atoms with Crippen molar-refractivity contribution in [2.45, 2.75) is 59.3 Å². The molecule has 0 amide bonds. The summed E-state index contributed by atoms with van der Waals surface area (Å²) in [6.07, 6.45) is 14.5. The first-order chi connectivity index (χ1) is 8.56. The zero-order chi connectivity index (χ0) is 13.8. The van der Waals surface area contributed by atoms with Crippen LogP contribution in [-0.2, 0) is 4.79 Å². The lowest BCUT2D eigenvalue weighted by Crippen LogP contribution is -1.89. The van der Waals surface area contributed by atoms with Gasteiger partial charge in [-0.3, -0.25) is 0 Å². The van der Waals surface area contributed by atoms with Crippen LogP contribution in [0.3, 0.4) is 0 Å². The van der Waals surface area contributed by atoms with E-state index in [1.807, 2.05) is 6.92 Å². The molecule has 0 unspecified atom stereocenters. The predicted octanol–water partition coefficient (Wildman–Crippen LogP) is 4.88. The van der Waals surface area contributed by atoms with Crippen molar-refractivity contribution in [3.8, 4) is 0 Å². The van der Waals surface area contributed by atoms with Crippen LogP contribution >= 0.6 is 0 Å². The van der Waals surface area contributed by atoms with Crippen molar-refractivity contribution in [2.24, 2.45) is 0 Å². The van der Waals surface area contributed by atoms with Crippen molar-refractivity contribution < 1.29 is 9.90 Å². The smallest absolute Gasteiger partial charge is 0.328 e. The van der Waals surface area contributed by atoms with E-state index in [4.69, 9.17) is 5.11 Å². The number of carboxylic acid groups (broad SMARTS) is 1. The monoisotopic (exact) mass is 250 g/mol. The van der Waals surface area contributed by atoms with Crippen LogP contribution in [0.2, 0.25) is 0 Å². The number of aliphatic carboxylic acids is 1. The third-order valence-corrected chi connectivity index (χ3v) is 2.73. The number of hydrogen-bond donors (Lipinski definition) is 1. The molecule has 0 aromatic carbocycles. The number of carbonyl (C=O) groups is 1. The number of hydrogen-bond acceptors (Lipinski definition) is 1. The summed E-state index contributed by atoms with van der Waals surface area (Å²) in [4.78, 5) is 10.4. The first-order valence-corrected chi connectivity index (χ1v) is 6.79. The van der Waals surface area contributed by atoms with Gasteiger partial charge in [0.15, 0.2) is 0 Å². The van der Waals surface area contributed by atoms with Gasteiger partial charge in [-0.2, -0.15) is 0 Å². The summed E-state index contributed by atoms with van der Waals surface area (Å²) in [5.74, 6) is -0.857. The molecule has 0 aliphatic heterocycles. The van der Waals surface area contributed by atoms with Gasteiger partial charge < -0.3 is 5.11 Å². The molecule has 0 saturated carbocycles. The molecular weight excluding hydrogens is 224 g/mol. The Kier molecular flexibility index (Phi) is 10.0. The molecule has 0 bridgehead atoms. The van der Waals surface area contributed by atoms with E-state index in [0.29, 0.717) is 0 Å². The topological polar surface area (TPSA) is 37.3 Å². The highest BCUT2D eigenvalue weighted by molar-refractivity contribution is 5.80. The van der Waals surface area contributed by atoms with Gasteiger partial charge in [0.1, 0.15) is 0 Å². The summed E-state index contributed by atoms with van der Waals surface area (Å²) in [5, 5.41) is 8.58. The van der Waals surface area contributed by atoms with Gasteiger partial charge in [-0.15, -0.1) is 0 Å². The second-order valence-electron chi connectivity index (χ2n) is 4.71. The van der Waals surface area contributed by atoms with Gasteiger partial charge in [0, 0.05) is 6.08 Å². The molecule has 0 atom stereocenters. The van der Waals surface area contributed by atoms with Crippen LogP contribution in [0, 0.1) is 0 Å². The van der Waals surface area contributed by atoms with Gasteiger partial charge in [-0.05, 0) is 39.5 Å². The average Bonchev–Trinajstić information content (AvgIpc) is 2.27. The van der Waals surface area contributed by atoms with Gasteiger partial charge in [-0.1, -0.05) is 49.1 Å². The fourth-order valence-corrected chi connectivity index (χ4v) is 1.66. The van der Waals surface area contributed by atoms with Gasteiger partial charge in [0.05, 0.1) is 0 Å². The average molecular weight is 250 g/mol. The molecule has 2 heteroatoms. The summed E-state index contributed by atoms with van der Waals surface area (Å²) in [5.41, 5.74) is 2.17. The second-order valence-corrected chi connectivity index (χ2v) is 4.71. The van der Waals surface area contributed by atoms with Crippen molar-refractivity contribution >= 4 is 5.97 Å². The van der Waals surface area contributed by atoms with Gasteiger partial charge in [0.2, 0.25) is 0 Å². The number of carboxylic acids is 1. The van der Waals surface area contributed by atoms with E-state index in [9.17, 15) is 4.79 Å². The van der Waals surface area contributed by atoms with E-state index in [1.165, 1.54) is 30.9 Å². The molecule has 18 heavy (non-hydrogen) atoms. The van der Waals surface area contributed by atoms with Crippen molar-refractivity contribution in [3.63, 3.8) is 0 Å². The summed E-state index contributed by atoms with van der Waals surface area (Å²) in [6.45, 7) is 6.16. The first-order valence-electron chi connectivity index (χ1n) is 6.79. The lowest BCUT2D eigenvalue weighted by atomic mass is 10.1. The molecule has 0 saturated heterocycles. The highest BCUT2D eigenvalue weighted by Crippen LogP contribution is 2.08. The quantitative estimate of drug-likeness (QED) is 0.360. The van der Waals surface area contributed by atoms with Crippen LogP contribution in [0.4, 0.5) is 0 Å². The van der Waals surface area contributed by atoms with Crippen molar-refractivity contribution in [2.75, 3.05) is 0 Å². The Hall–Kier alpha value is -1.31. The van der Waals surface area contributed by atoms with Crippen LogP contribution in [0.25, 0.3) is 0 Å². The molecule has 0 aromatic rings. The fourth-order valence-electron chi connectivity index (χ4n) is 1.66. The minimum Gasteiger partial charge on any atom is -0.478 e. The van der Waals surface area contributed by atoms with Crippen LogP contribution in [0.5, 0.6) is 0 Å². The second kappa shape index (κ2) is 10.8. The molecule has 0 radical (unpaired) electrons. The van der Waals surface area contributed by atoms with Gasteiger partial charge in [-0.25, -0.2) is 4.79 Å². The maximum atomic E-state index is 10.4. The Morgan fingerprint density at radius 1 is 1.17 bits per heavy atom. The first kappa shape index (κ1) is 16.7. The normalized spacial score (nSPS) is 13.3. The third-order valence-electron chi connectivity index (χ3n) is 2.73. The molecule has 1 N–H and O–H groups in total. The molecule has 0 heterocycles. The van der Waals surface area contributed by atoms with E-state index >= 15 is 0 Å². The molecule has 0 aliphatic rings. The highest BCUT2D eigenvalue weighted by atomic mass is 16.4. The molecule has 0 spiro atoms. The lowest BCUT2D eigenvalue weighted by molar-refractivity contribution is -0.131. The molecule has 0 aliphatic carbocycles. The molecule has 0 fully saturated rings. The van der Waals surface area contributed by atoms with E-state index in [1.54, 1.807) is 0 Å². The summed E-state index contributed by atoms with van der Waals surface area (Å²) in [7, 11) is 0. The minimum atomic E-state index is -0.857. The van der Waals surface area contributed by atoms with Crippen LogP contribution < -0.4 is 0 Å². The van der Waals surface area contributed by atoms with Crippen LogP contribution in [0.1, 0.15) is 59.3 Å². The zero-order valence-electron chi connectivity index (χ0n) is 11.9. The van der Waals surface area contributed by atoms with E-state index in [2.05, 4.69) is 32.1 Å². The van der Waals surface area contributed by atoms with Crippen molar-refractivity contribution in [1.29, 1.82) is 0 Å². The minimum absolute atomic E-state index is 0.813. The lowest BCUT2D eigenvalue weighted by Gasteiger charge is -1.97. The Morgan fingerprint density at radius 2 is 1.89 bits per heavy atom. The van der Waals surface area contributed by atoms with Crippen molar-refractivity contribution in [1.82, 2.24) is 0 Å². The standard InChI is InChI=1S/C16H26O2/c1-4-5-6-7-8-10-14(2)11-9-12-15(3)13-16(17)18/h8,10-11,13H,4-7,9,12H2,1-3H3,(H,17,18)/b10-8+,14-11+,15-13+. The SMILES string of the molecule is CCCCC/C=C/C(C)=C/CC/C(C)=C/C(=O)O. The predicted molar refractivity (Wildman–Crippen MR) is 77.7 cm³/mol. The Bertz CT molecular complexity index is 322. The molecule has 2 nitrogen and oxygen atoms in total.